The van der Waals surface area contributed by atoms with Crippen molar-refractivity contribution in [2.24, 2.45) is 0 Å². The molecule has 4 N–H and O–H groups in total. The predicted octanol–water partition coefficient (Wildman–Crippen LogP) is 3.61. The van der Waals surface area contributed by atoms with Crippen LogP contribution < -0.4 is 27.4 Å². The summed E-state index contributed by atoms with van der Waals surface area (Å²) in [4.78, 5) is 46.8. The summed E-state index contributed by atoms with van der Waals surface area (Å²) in [6.45, 7) is 6.88. The SMILES string of the molecule is CCC1OCC(C)(C)c2c1[nH]c1ccc(Oc3c(Cl)cc(-n4nc(C#N)c(=O)[nH]c4=O)cc3-n3ccc(N)nc3=O)cc21. The van der Waals surface area contributed by atoms with Crippen molar-refractivity contribution in [3.8, 4) is 28.9 Å². The van der Waals surface area contributed by atoms with Crippen molar-refractivity contribution in [3.05, 3.63) is 95.9 Å². The fraction of sp³-hybridized carbons (Fsp3) is 0.241. The third kappa shape index (κ3) is 4.76. The van der Waals surface area contributed by atoms with Gasteiger partial charge in [-0.15, -0.1) is 5.10 Å². The van der Waals surface area contributed by atoms with Crippen LogP contribution in [0.15, 0.2) is 57.0 Å². The molecule has 1 unspecified atom stereocenters. The summed E-state index contributed by atoms with van der Waals surface area (Å²) in [5.41, 5.74) is 5.58. The Balaban J connectivity index is 1.54. The number of aromatic nitrogens is 6. The van der Waals surface area contributed by atoms with Gasteiger partial charge in [-0.3, -0.25) is 14.3 Å². The lowest BCUT2D eigenvalue weighted by molar-refractivity contribution is 0.00314. The molecule has 0 spiro atoms. The molecule has 14 heteroatoms. The van der Waals surface area contributed by atoms with Crippen molar-refractivity contribution < 1.29 is 9.47 Å². The van der Waals surface area contributed by atoms with Crippen LogP contribution >= 0.6 is 11.6 Å². The van der Waals surface area contributed by atoms with Crippen molar-refractivity contribution in [2.75, 3.05) is 12.3 Å². The van der Waals surface area contributed by atoms with E-state index in [9.17, 15) is 19.6 Å². The van der Waals surface area contributed by atoms with Crippen LogP contribution in [-0.2, 0) is 10.2 Å². The highest BCUT2D eigenvalue weighted by Gasteiger charge is 2.36. The molecule has 5 aromatic rings. The van der Waals surface area contributed by atoms with Gasteiger partial charge in [-0.1, -0.05) is 32.4 Å². The van der Waals surface area contributed by atoms with Gasteiger partial charge < -0.3 is 20.2 Å². The molecule has 1 atom stereocenters. The van der Waals surface area contributed by atoms with Crippen LogP contribution in [0.4, 0.5) is 5.82 Å². The largest absolute Gasteiger partial charge is 0.454 e. The highest BCUT2D eigenvalue weighted by molar-refractivity contribution is 6.32. The van der Waals surface area contributed by atoms with E-state index >= 15 is 0 Å². The van der Waals surface area contributed by atoms with Crippen LogP contribution in [0.2, 0.25) is 5.02 Å². The van der Waals surface area contributed by atoms with Gasteiger partial charge in [0.2, 0.25) is 5.69 Å². The van der Waals surface area contributed by atoms with Gasteiger partial charge in [0.25, 0.3) is 5.56 Å². The van der Waals surface area contributed by atoms with Gasteiger partial charge in [0.15, 0.2) is 5.75 Å². The van der Waals surface area contributed by atoms with Crippen LogP contribution in [0.3, 0.4) is 0 Å². The first-order valence-corrected chi connectivity index (χ1v) is 13.7. The van der Waals surface area contributed by atoms with E-state index in [-0.39, 0.29) is 39.5 Å². The van der Waals surface area contributed by atoms with Gasteiger partial charge in [-0.2, -0.15) is 14.9 Å². The standard InChI is InChI=1S/C29H25ClN8O5/c1-4-21-24-23(29(2,3)13-42-21)16-11-15(5-6-18(16)33-24)43-25-17(30)9-14(38-28(41)35-26(39)19(12-31)36-38)10-20(25)37-8-7-22(32)34-27(37)40/h5-11,21,33H,4,13H2,1-3H3,(H2,32,34,40)(H,35,39,41). The summed E-state index contributed by atoms with van der Waals surface area (Å²) in [6.07, 6.45) is 2.15. The number of halogens is 1. The molecule has 13 nitrogen and oxygen atoms in total. The number of rotatable bonds is 5. The Morgan fingerprint density at radius 1 is 1.21 bits per heavy atom. The molecule has 0 aliphatic carbocycles. The Kier molecular flexibility index (Phi) is 6.67. The summed E-state index contributed by atoms with van der Waals surface area (Å²) < 4.78 is 14.4. The van der Waals surface area contributed by atoms with Gasteiger partial charge in [0, 0.05) is 28.2 Å². The van der Waals surface area contributed by atoms with Gasteiger partial charge in [0.1, 0.15) is 17.6 Å². The number of fused-ring (bicyclic) bond motifs is 3. The Hall–Kier alpha value is -5.19. The molecule has 0 radical (unpaired) electrons. The van der Waals surface area contributed by atoms with Crippen LogP contribution in [0, 0.1) is 11.3 Å². The van der Waals surface area contributed by atoms with E-state index < -0.39 is 22.6 Å². The molecule has 4 heterocycles. The molecule has 0 amide bonds. The molecule has 0 saturated heterocycles. The van der Waals surface area contributed by atoms with Crippen molar-refractivity contribution in [1.82, 2.24) is 29.3 Å². The Morgan fingerprint density at radius 2 is 2.00 bits per heavy atom. The first-order valence-electron chi connectivity index (χ1n) is 13.3. The summed E-state index contributed by atoms with van der Waals surface area (Å²) in [7, 11) is 0. The molecule has 6 rings (SSSR count). The highest BCUT2D eigenvalue weighted by atomic mass is 35.5. The second-order valence-corrected chi connectivity index (χ2v) is 11.1. The van der Waals surface area contributed by atoms with Crippen molar-refractivity contribution in [2.45, 2.75) is 38.7 Å². The zero-order valence-electron chi connectivity index (χ0n) is 23.3. The molecule has 1 aliphatic rings. The molecule has 1 aliphatic heterocycles. The van der Waals surface area contributed by atoms with Crippen LogP contribution in [0.1, 0.15) is 50.2 Å². The number of benzene rings is 2. The van der Waals surface area contributed by atoms with E-state index in [2.05, 4.69) is 35.8 Å². The Labute approximate surface area is 248 Å². The lowest BCUT2D eigenvalue weighted by Crippen LogP contribution is -2.33. The number of nitrogen functional groups attached to an aromatic ring is 1. The van der Waals surface area contributed by atoms with E-state index in [0.717, 1.165) is 37.8 Å². The summed E-state index contributed by atoms with van der Waals surface area (Å²) in [5.74, 6) is 0.515. The molecule has 3 aromatic heterocycles. The van der Waals surface area contributed by atoms with Gasteiger partial charge in [-0.25, -0.2) is 9.59 Å². The third-order valence-corrected chi connectivity index (χ3v) is 7.59. The molecule has 2 aromatic carbocycles. The molecule has 0 bridgehead atoms. The number of hydrogen-bond acceptors (Lipinski definition) is 9. The second kappa shape index (κ2) is 10.3. The summed E-state index contributed by atoms with van der Waals surface area (Å²) in [5, 5.41) is 14.1. The molecular formula is C29H25ClN8O5. The lowest BCUT2D eigenvalue weighted by atomic mass is 9.80. The molecule has 0 fully saturated rings. The van der Waals surface area contributed by atoms with Crippen molar-refractivity contribution in [3.63, 3.8) is 0 Å². The minimum Gasteiger partial charge on any atom is -0.454 e. The zero-order chi connectivity index (χ0) is 30.6. The van der Waals surface area contributed by atoms with Gasteiger partial charge in [0.05, 0.1) is 29.1 Å². The topological polar surface area (TPSA) is 187 Å². The maximum Gasteiger partial charge on any atom is 0.354 e. The number of H-pyrrole nitrogens is 2. The second-order valence-electron chi connectivity index (χ2n) is 10.7. The highest BCUT2D eigenvalue weighted by Crippen LogP contribution is 2.45. The first kappa shape index (κ1) is 28.0. The van der Waals surface area contributed by atoms with Gasteiger partial charge in [-0.05, 0) is 48.4 Å². The average Bonchev–Trinajstić information content (AvgIpc) is 3.35. The molecule has 218 valence electrons. The minimum absolute atomic E-state index is 0.00260. The summed E-state index contributed by atoms with van der Waals surface area (Å²) in [6, 6.07) is 11.4. The number of nitrogens with one attached hydrogen (secondary N) is 2. The van der Waals surface area contributed by atoms with E-state index in [1.807, 2.05) is 17.1 Å². The number of anilines is 1. The third-order valence-electron chi connectivity index (χ3n) is 7.31. The number of nitriles is 1. The van der Waals surface area contributed by atoms with E-state index in [4.69, 9.17) is 26.8 Å². The Morgan fingerprint density at radius 3 is 2.72 bits per heavy atom. The number of nitrogens with zero attached hydrogens (tertiary/aromatic N) is 5. The quantitative estimate of drug-likeness (QED) is 0.271. The van der Waals surface area contributed by atoms with Crippen LogP contribution in [-0.4, -0.2) is 35.9 Å². The average molecular weight is 601 g/mol. The smallest absolute Gasteiger partial charge is 0.354 e. The van der Waals surface area contributed by atoms with Gasteiger partial charge >= 0.3 is 11.4 Å². The maximum atomic E-state index is 12.9. The van der Waals surface area contributed by atoms with Crippen molar-refractivity contribution >= 4 is 28.3 Å². The minimum atomic E-state index is -0.934. The number of ether oxygens (including phenoxy) is 2. The number of aromatic amines is 2. The first-order chi connectivity index (χ1) is 20.5. The molecule has 0 saturated carbocycles. The Bertz CT molecular complexity index is 2150. The zero-order valence-corrected chi connectivity index (χ0v) is 24.0. The van der Waals surface area contributed by atoms with Crippen LogP contribution in [0.25, 0.3) is 22.3 Å². The van der Waals surface area contributed by atoms with Crippen LogP contribution in [0.5, 0.6) is 11.5 Å². The predicted molar refractivity (Wildman–Crippen MR) is 158 cm³/mol. The van der Waals surface area contributed by atoms with E-state index in [1.54, 1.807) is 12.1 Å². The van der Waals surface area contributed by atoms with E-state index in [1.165, 1.54) is 24.4 Å². The monoisotopic (exact) mass is 600 g/mol. The fourth-order valence-corrected chi connectivity index (χ4v) is 5.59. The number of nitrogens with two attached hydrogens (primary N) is 1. The number of hydrogen-bond donors (Lipinski definition) is 3. The normalized spacial score (nSPS) is 15.7. The molecular weight excluding hydrogens is 576 g/mol. The van der Waals surface area contributed by atoms with Crippen molar-refractivity contribution in [1.29, 1.82) is 5.26 Å². The van der Waals surface area contributed by atoms with E-state index in [0.29, 0.717) is 12.4 Å². The molecule has 43 heavy (non-hydrogen) atoms. The lowest BCUT2D eigenvalue weighted by Gasteiger charge is -2.34. The summed E-state index contributed by atoms with van der Waals surface area (Å²) >= 11 is 6.73. The maximum absolute atomic E-state index is 12.9. The fourth-order valence-electron chi connectivity index (χ4n) is 5.35.